The van der Waals surface area contributed by atoms with Crippen LogP contribution in [0.5, 0.6) is 0 Å². The van der Waals surface area contributed by atoms with Crippen LogP contribution in [0.25, 0.3) is 22.0 Å². The van der Waals surface area contributed by atoms with Gasteiger partial charge in [0, 0.05) is 34.3 Å². The number of hydrogen-bond donors (Lipinski definition) is 0. The predicted molar refractivity (Wildman–Crippen MR) is 86.8 cm³/mol. The van der Waals surface area contributed by atoms with E-state index in [-0.39, 0.29) is 16.9 Å². The molecule has 116 valence electrons. The lowest BCUT2D eigenvalue weighted by Crippen LogP contribution is -2.12. The highest BCUT2D eigenvalue weighted by molar-refractivity contribution is 6.30. The van der Waals surface area contributed by atoms with Crippen LogP contribution in [0.2, 0.25) is 5.02 Å². The van der Waals surface area contributed by atoms with Crippen molar-refractivity contribution in [1.29, 1.82) is 0 Å². The fourth-order valence-corrected chi connectivity index (χ4v) is 2.96. The Labute approximate surface area is 135 Å². The maximum Gasteiger partial charge on any atom is 0.197 e. The molecule has 2 aromatic carbocycles. The van der Waals surface area contributed by atoms with E-state index in [1.165, 1.54) is 0 Å². The van der Waals surface area contributed by atoms with Crippen LogP contribution in [0.15, 0.2) is 47.4 Å². The van der Waals surface area contributed by atoms with Gasteiger partial charge in [-0.05, 0) is 36.6 Å². The summed E-state index contributed by atoms with van der Waals surface area (Å²) in [6.07, 6.45) is 3.68. The topological polar surface area (TPSA) is 22.0 Å². The van der Waals surface area contributed by atoms with Gasteiger partial charge < -0.3 is 4.57 Å². The first-order valence-electron chi connectivity index (χ1n) is 7.34. The van der Waals surface area contributed by atoms with Crippen LogP contribution < -0.4 is 5.43 Å². The number of rotatable bonds is 2. The van der Waals surface area contributed by atoms with Gasteiger partial charge in [0.2, 0.25) is 0 Å². The molecule has 0 atom stereocenters. The Morgan fingerprint density at radius 3 is 2.35 bits per heavy atom. The molecule has 3 aromatic rings. The molecular weight excluding hydrogens is 320 g/mol. The quantitative estimate of drug-likeness (QED) is 0.652. The number of pyridine rings is 1. The monoisotopic (exact) mass is 331 g/mol. The van der Waals surface area contributed by atoms with Gasteiger partial charge in [0.25, 0.3) is 0 Å². The van der Waals surface area contributed by atoms with E-state index in [2.05, 4.69) is 0 Å². The van der Waals surface area contributed by atoms with E-state index < -0.39 is 11.6 Å². The predicted octanol–water partition coefficient (Wildman–Crippen LogP) is 4.94. The molecule has 1 aliphatic rings. The summed E-state index contributed by atoms with van der Waals surface area (Å²) in [5.74, 6) is -1.95. The van der Waals surface area contributed by atoms with Gasteiger partial charge in [-0.15, -0.1) is 0 Å². The first-order chi connectivity index (χ1) is 11.0. The Morgan fingerprint density at radius 1 is 1.04 bits per heavy atom. The molecule has 0 spiro atoms. The third-order valence-corrected chi connectivity index (χ3v) is 4.42. The van der Waals surface area contributed by atoms with Gasteiger partial charge in [-0.25, -0.2) is 8.78 Å². The van der Waals surface area contributed by atoms with Crippen molar-refractivity contribution in [3.8, 4) is 11.1 Å². The summed E-state index contributed by atoms with van der Waals surface area (Å²) in [6.45, 7) is 0. The van der Waals surface area contributed by atoms with Crippen LogP contribution in [0.1, 0.15) is 18.9 Å². The van der Waals surface area contributed by atoms with Crippen molar-refractivity contribution >= 4 is 22.5 Å². The second-order valence-corrected chi connectivity index (χ2v) is 6.24. The van der Waals surface area contributed by atoms with E-state index >= 15 is 0 Å². The zero-order valence-electron chi connectivity index (χ0n) is 12.0. The van der Waals surface area contributed by atoms with Crippen molar-refractivity contribution in [2.75, 3.05) is 0 Å². The number of hydrogen-bond acceptors (Lipinski definition) is 1. The normalized spacial score (nSPS) is 14.4. The largest absolute Gasteiger partial charge is 0.343 e. The maximum absolute atomic E-state index is 13.6. The molecule has 0 bridgehead atoms. The second kappa shape index (κ2) is 5.17. The fraction of sp³-hybridized carbons (Fsp3) is 0.167. The Kier molecular flexibility index (Phi) is 3.23. The first kappa shape index (κ1) is 14.4. The smallest absolute Gasteiger partial charge is 0.197 e. The van der Waals surface area contributed by atoms with Crippen molar-refractivity contribution in [2.24, 2.45) is 0 Å². The van der Waals surface area contributed by atoms with Crippen molar-refractivity contribution in [2.45, 2.75) is 18.9 Å². The summed E-state index contributed by atoms with van der Waals surface area (Å²) in [7, 11) is 0. The molecule has 1 fully saturated rings. The van der Waals surface area contributed by atoms with Gasteiger partial charge in [-0.2, -0.15) is 0 Å². The van der Waals surface area contributed by atoms with E-state index in [9.17, 15) is 13.6 Å². The molecule has 1 aromatic heterocycles. The Bertz CT molecular complexity index is 975. The third-order valence-electron chi connectivity index (χ3n) is 4.17. The lowest BCUT2D eigenvalue weighted by atomic mass is 10.0. The van der Waals surface area contributed by atoms with E-state index in [0.29, 0.717) is 21.7 Å². The SMILES string of the molecule is O=c1c(-c2ccc(Cl)cc2)cn(C2CC2)c2cc(F)c(F)cc12. The van der Waals surface area contributed by atoms with Crippen LogP contribution in [0.4, 0.5) is 8.78 Å². The summed E-state index contributed by atoms with van der Waals surface area (Å²) < 4.78 is 29.1. The number of benzene rings is 2. The van der Waals surface area contributed by atoms with E-state index in [4.69, 9.17) is 11.6 Å². The fourth-order valence-electron chi connectivity index (χ4n) is 2.83. The highest BCUT2D eigenvalue weighted by atomic mass is 35.5. The Hall–Kier alpha value is -2.20. The van der Waals surface area contributed by atoms with Crippen LogP contribution in [-0.2, 0) is 0 Å². The summed E-state index contributed by atoms with van der Waals surface area (Å²) in [6, 6.07) is 9.24. The highest BCUT2D eigenvalue weighted by Crippen LogP contribution is 2.38. The lowest BCUT2D eigenvalue weighted by Gasteiger charge is -2.13. The summed E-state index contributed by atoms with van der Waals surface area (Å²) in [4.78, 5) is 12.7. The average molecular weight is 332 g/mol. The maximum atomic E-state index is 13.6. The number of nitrogens with zero attached hydrogens (tertiary/aromatic N) is 1. The van der Waals surface area contributed by atoms with E-state index in [0.717, 1.165) is 25.0 Å². The van der Waals surface area contributed by atoms with Gasteiger partial charge in [0.1, 0.15) is 0 Å². The van der Waals surface area contributed by atoms with Gasteiger partial charge in [0.15, 0.2) is 17.1 Å². The zero-order chi connectivity index (χ0) is 16.1. The number of aromatic nitrogens is 1. The van der Waals surface area contributed by atoms with Crippen LogP contribution in [0, 0.1) is 11.6 Å². The average Bonchev–Trinajstić information content (AvgIpc) is 3.36. The van der Waals surface area contributed by atoms with Crippen LogP contribution in [0.3, 0.4) is 0 Å². The molecule has 2 nitrogen and oxygen atoms in total. The summed E-state index contributed by atoms with van der Waals surface area (Å²) in [5, 5.41) is 0.772. The number of fused-ring (bicyclic) bond motifs is 1. The van der Waals surface area contributed by atoms with Gasteiger partial charge in [0.05, 0.1) is 5.52 Å². The molecule has 0 aliphatic heterocycles. The van der Waals surface area contributed by atoms with Gasteiger partial charge in [-0.1, -0.05) is 23.7 Å². The highest BCUT2D eigenvalue weighted by Gasteiger charge is 2.26. The molecule has 0 unspecified atom stereocenters. The lowest BCUT2D eigenvalue weighted by molar-refractivity contribution is 0.510. The van der Waals surface area contributed by atoms with Gasteiger partial charge in [-0.3, -0.25) is 4.79 Å². The van der Waals surface area contributed by atoms with E-state index in [1.54, 1.807) is 30.5 Å². The molecule has 4 rings (SSSR count). The second-order valence-electron chi connectivity index (χ2n) is 5.80. The summed E-state index contributed by atoms with van der Waals surface area (Å²) >= 11 is 5.89. The van der Waals surface area contributed by atoms with Crippen molar-refractivity contribution < 1.29 is 8.78 Å². The minimum atomic E-state index is -1.01. The standard InChI is InChI=1S/C18H12ClF2NO/c19-11-3-1-10(2-4-11)14-9-22(12-5-6-12)17-8-16(21)15(20)7-13(17)18(14)23/h1-4,7-9,12H,5-6H2. The molecule has 1 aliphatic carbocycles. The van der Waals surface area contributed by atoms with Crippen molar-refractivity contribution in [3.63, 3.8) is 0 Å². The van der Waals surface area contributed by atoms with Crippen LogP contribution in [-0.4, -0.2) is 4.57 Å². The molecule has 0 amide bonds. The Balaban J connectivity index is 2.06. The molecule has 5 heteroatoms. The van der Waals surface area contributed by atoms with Gasteiger partial charge >= 0.3 is 0 Å². The van der Waals surface area contributed by atoms with Crippen molar-refractivity contribution in [3.05, 3.63) is 69.5 Å². The molecule has 0 radical (unpaired) electrons. The zero-order valence-corrected chi connectivity index (χ0v) is 12.8. The Morgan fingerprint density at radius 2 is 1.70 bits per heavy atom. The molecule has 1 heterocycles. The van der Waals surface area contributed by atoms with E-state index in [1.807, 2.05) is 4.57 Å². The minimum absolute atomic E-state index is 0.197. The molecular formula is C18H12ClF2NO. The molecule has 23 heavy (non-hydrogen) atoms. The molecule has 1 saturated carbocycles. The summed E-state index contributed by atoms with van der Waals surface area (Å²) in [5.41, 5.74) is 1.31. The molecule has 0 N–H and O–H groups in total. The third kappa shape index (κ3) is 2.43. The first-order valence-corrected chi connectivity index (χ1v) is 7.72. The van der Waals surface area contributed by atoms with Crippen LogP contribution >= 0.6 is 11.6 Å². The van der Waals surface area contributed by atoms with Crippen molar-refractivity contribution in [1.82, 2.24) is 4.57 Å². The molecule has 0 saturated heterocycles. The minimum Gasteiger partial charge on any atom is -0.343 e. The number of halogens is 3.